The minimum Gasteiger partial charge on any atom is -0.326 e. The summed E-state index contributed by atoms with van der Waals surface area (Å²) < 4.78 is 27.2. The van der Waals surface area contributed by atoms with Crippen molar-refractivity contribution in [3.8, 4) is 0 Å². The molecule has 30 heavy (non-hydrogen) atoms. The Morgan fingerprint density at radius 1 is 0.967 bits per heavy atom. The molecule has 2 N–H and O–H groups in total. The highest BCUT2D eigenvalue weighted by atomic mass is 19.1. The minimum atomic E-state index is -0.715. The van der Waals surface area contributed by atoms with E-state index in [0.29, 0.717) is 37.3 Å². The van der Waals surface area contributed by atoms with Gasteiger partial charge in [0.1, 0.15) is 11.6 Å². The molecule has 0 bridgehead atoms. The molecule has 0 spiro atoms. The molecule has 8 heteroatoms. The van der Waals surface area contributed by atoms with Gasteiger partial charge in [0, 0.05) is 24.2 Å². The second-order valence-corrected chi connectivity index (χ2v) is 7.35. The molecule has 2 aromatic rings. The molecule has 0 unspecified atom stereocenters. The zero-order valence-electron chi connectivity index (χ0n) is 16.6. The van der Waals surface area contributed by atoms with Crippen LogP contribution in [0, 0.1) is 17.6 Å². The van der Waals surface area contributed by atoms with Crippen molar-refractivity contribution in [2.24, 2.45) is 5.92 Å². The Hall–Kier alpha value is -3.13. The van der Waals surface area contributed by atoms with Gasteiger partial charge in [-0.2, -0.15) is 0 Å². The number of hydrogen-bond acceptors (Lipinski definition) is 4. The Labute approximate surface area is 173 Å². The minimum absolute atomic E-state index is 0.169. The van der Waals surface area contributed by atoms with E-state index in [1.54, 1.807) is 24.3 Å². The number of benzene rings is 2. The van der Waals surface area contributed by atoms with Crippen LogP contribution in [0.15, 0.2) is 42.5 Å². The van der Waals surface area contributed by atoms with Gasteiger partial charge in [-0.05, 0) is 68.4 Å². The van der Waals surface area contributed by atoms with Crippen molar-refractivity contribution in [2.45, 2.75) is 19.8 Å². The highest BCUT2D eigenvalue weighted by Crippen LogP contribution is 2.24. The SMILES string of the molecule is CC(=O)Nc1ccc(NC(=O)CN2CCC(C(=O)c3cc(F)ccc3F)CC2)cc1. The van der Waals surface area contributed by atoms with Crippen LogP contribution in [-0.2, 0) is 9.59 Å². The summed E-state index contributed by atoms with van der Waals surface area (Å²) in [6.07, 6.45) is 0.959. The number of hydrogen-bond donors (Lipinski definition) is 2. The zero-order valence-corrected chi connectivity index (χ0v) is 16.6. The van der Waals surface area contributed by atoms with Gasteiger partial charge in [-0.15, -0.1) is 0 Å². The number of nitrogens with one attached hydrogen (secondary N) is 2. The molecule has 158 valence electrons. The van der Waals surface area contributed by atoms with Crippen molar-refractivity contribution >= 4 is 29.0 Å². The highest BCUT2D eigenvalue weighted by molar-refractivity contribution is 5.98. The van der Waals surface area contributed by atoms with Crippen LogP contribution in [0.2, 0.25) is 0 Å². The summed E-state index contributed by atoms with van der Waals surface area (Å²) in [7, 11) is 0. The molecule has 1 aliphatic rings. The predicted molar refractivity (Wildman–Crippen MR) is 109 cm³/mol. The van der Waals surface area contributed by atoms with Crippen LogP contribution < -0.4 is 10.6 Å². The fourth-order valence-electron chi connectivity index (χ4n) is 3.50. The first-order valence-electron chi connectivity index (χ1n) is 9.71. The molecule has 0 saturated carbocycles. The Morgan fingerprint density at radius 3 is 2.17 bits per heavy atom. The number of anilines is 2. The van der Waals surface area contributed by atoms with Crippen molar-refractivity contribution in [1.82, 2.24) is 4.90 Å². The molecular formula is C22H23F2N3O3. The number of likely N-dealkylation sites (tertiary alicyclic amines) is 1. The number of Topliss-reactive ketones (excluding diaryl/α,β-unsaturated/α-hetero) is 1. The van der Waals surface area contributed by atoms with E-state index in [-0.39, 0.29) is 29.8 Å². The maximum Gasteiger partial charge on any atom is 0.238 e. The number of rotatable bonds is 6. The van der Waals surface area contributed by atoms with Crippen molar-refractivity contribution < 1.29 is 23.2 Å². The molecule has 2 aromatic carbocycles. The lowest BCUT2D eigenvalue weighted by Gasteiger charge is -2.30. The summed E-state index contributed by atoms with van der Waals surface area (Å²) in [5.74, 6) is -2.50. The van der Waals surface area contributed by atoms with E-state index in [4.69, 9.17) is 0 Å². The lowest BCUT2D eigenvalue weighted by Crippen LogP contribution is -2.40. The molecule has 0 aromatic heterocycles. The maximum absolute atomic E-state index is 13.8. The molecule has 1 saturated heterocycles. The van der Waals surface area contributed by atoms with E-state index < -0.39 is 17.4 Å². The van der Waals surface area contributed by atoms with Crippen molar-refractivity contribution in [3.63, 3.8) is 0 Å². The molecular weight excluding hydrogens is 392 g/mol. The molecule has 1 aliphatic heterocycles. The van der Waals surface area contributed by atoms with Crippen LogP contribution >= 0.6 is 0 Å². The first-order valence-corrected chi connectivity index (χ1v) is 9.71. The number of piperidine rings is 1. The number of ketones is 1. The van der Waals surface area contributed by atoms with Crippen LogP contribution in [0.4, 0.5) is 20.2 Å². The molecule has 0 aliphatic carbocycles. The van der Waals surface area contributed by atoms with Crippen LogP contribution in [0.1, 0.15) is 30.1 Å². The fraction of sp³-hybridized carbons (Fsp3) is 0.318. The van der Waals surface area contributed by atoms with E-state index in [0.717, 1.165) is 18.2 Å². The Kier molecular flexibility index (Phi) is 6.89. The van der Waals surface area contributed by atoms with Gasteiger partial charge >= 0.3 is 0 Å². The Morgan fingerprint density at radius 2 is 1.57 bits per heavy atom. The van der Waals surface area contributed by atoms with Crippen molar-refractivity contribution in [3.05, 3.63) is 59.7 Å². The molecule has 2 amide bonds. The van der Waals surface area contributed by atoms with Gasteiger partial charge in [0.25, 0.3) is 0 Å². The summed E-state index contributed by atoms with van der Waals surface area (Å²) >= 11 is 0. The van der Waals surface area contributed by atoms with Gasteiger partial charge in [0.2, 0.25) is 11.8 Å². The largest absolute Gasteiger partial charge is 0.326 e. The van der Waals surface area contributed by atoms with E-state index >= 15 is 0 Å². The standard InChI is InChI=1S/C22H23F2N3O3/c1-14(28)25-17-3-5-18(6-4-17)26-21(29)13-27-10-8-15(9-11-27)22(30)19-12-16(23)2-7-20(19)24/h2-7,12,15H,8-11,13H2,1H3,(H,25,28)(H,26,29). The lowest BCUT2D eigenvalue weighted by molar-refractivity contribution is -0.117. The van der Waals surface area contributed by atoms with Crippen LogP contribution in [0.3, 0.4) is 0 Å². The van der Waals surface area contributed by atoms with Gasteiger partial charge in [-0.25, -0.2) is 8.78 Å². The first kappa shape index (κ1) is 21.6. The molecule has 0 atom stereocenters. The van der Waals surface area contributed by atoms with E-state index in [1.807, 2.05) is 4.90 Å². The summed E-state index contributed by atoms with van der Waals surface area (Å²) in [6.45, 7) is 2.62. The number of halogens is 2. The second kappa shape index (κ2) is 9.58. The number of amides is 2. The third kappa shape index (κ3) is 5.70. The number of nitrogens with zero attached hydrogens (tertiary/aromatic N) is 1. The lowest BCUT2D eigenvalue weighted by atomic mass is 9.88. The normalized spacial score (nSPS) is 14.9. The van der Waals surface area contributed by atoms with Crippen LogP contribution in [0.25, 0.3) is 0 Å². The van der Waals surface area contributed by atoms with Crippen LogP contribution in [0.5, 0.6) is 0 Å². The molecule has 0 radical (unpaired) electrons. The van der Waals surface area contributed by atoms with Gasteiger partial charge in [-0.3, -0.25) is 19.3 Å². The fourth-order valence-corrected chi connectivity index (χ4v) is 3.50. The average Bonchev–Trinajstić information content (AvgIpc) is 2.71. The van der Waals surface area contributed by atoms with Crippen LogP contribution in [-0.4, -0.2) is 42.1 Å². The van der Waals surface area contributed by atoms with E-state index in [1.165, 1.54) is 6.92 Å². The monoisotopic (exact) mass is 415 g/mol. The summed E-state index contributed by atoms with van der Waals surface area (Å²) in [5.41, 5.74) is 1.04. The molecule has 6 nitrogen and oxygen atoms in total. The van der Waals surface area contributed by atoms with Gasteiger partial charge in [-0.1, -0.05) is 0 Å². The van der Waals surface area contributed by atoms with E-state index in [2.05, 4.69) is 10.6 Å². The smallest absolute Gasteiger partial charge is 0.238 e. The first-order chi connectivity index (χ1) is 14.3. The Balaban J connectivity index is 1.48. The summed E-state index contributed by atoms with van der Waals surface area (Å²) in [6, 6.07) is 9.67. The van der Waals surface area contributed by atoms with E-state index in [9.17, 15) is 23.2 Å². The third-order valence-corrected chi connectivity index (χ3v) is 5.01. The van der Waals surface area contributed by atoms with Gasteiger partial charge in [0.15, 0.2) is 5.78 Å². The zero-order chi connectivity index (χ0) is 21.7. The van der Waals surface area contributed by atoms with Gasteiger partial charge in [0.05, 0.1) is 12.1 Å². The predicted octanol–water partition coefficient (Wildman–Crippen LogP) is 3.46. The van der Waals surface area contributed by atoms with Gasteiger partial charge < -0.3 is 10.6 Å². The highest BCUT2D eigenvalue weighted by Gasteiger charge is 2.28. The van der Waals surface area contributed by atoms with Crippen molar-refractivity contribution in [1.29, 1.82) is 0 Å². The third-order valence-electron chi connectivity index (χ3n) is 5.01. The molecule has 3 rings (SSSR count). The average molecular weight is 415 g/mol. The topological polar surface area (TPSA) is 78.5 Å². The second-order valence-electron chi connectivity index (χ2n) is 7.35. The Bertz CT molecular complexity index is 939. The summed E-state index contributed by atoms with van der Waals surface area (Å²) in [4.78, 5) is 37.7. The summed E-state index contributed by atoms with van der Waals surface area (Å²) in [5, 5.41) is 5.44. The molecule has 1 fully saturated rings. The number of carbonyl (C=O) groups is 3. The number of carbonyl (C=O) groups excluding carboxylic acids is 3. The quantitative estimate of drug-likeness (QED) is 0.709. The maximum atomic E-state index is 13.8. The van der Waals surface area contributed by atoms with Crippen molar-refractivity contribution in [2.75, 3.05) is 30.3 Å². The molecule has 1 heterocycles.